The molecule has 0 atom stereocenters. The Kier molecular flexibility index (Phi) is 8.60. The fraction of sp³-hybridized carbons (Fsp3) is 0.407. The number of aromatic amines is 1. The van der Waals surface area contributed by atoms with Gasteiger partial charge in [-0.15, -0.1) is 0 Å². The molecule has 8 nitrogen and oxygen atoms in total. The Morgan fingerprint density at radius 1 is 1.05 bits per heavy atom. The number of aromatic nitrogens is 2. The number of nitrogens with one attached hydrogen (secondary N) is 2. The molecule has 1 aliphatic heterocycles. The number of ether oxygens (including phenoxy) is 3. The van der Waals surface area contributed by atoms with Crippen molar-refractivity contribution in [3.8, 4) is 17.2 Å². The van der Waals surface area contributed by atoms with E-state index >= 15 is 0 Å². The number of hydrogen-bond acceptors (Lipinski definition) is 6. The standard InChI is InChI=1S/C27H32F2N4O4/c1-35-21-16-19(17-22(18-21)36-2)8-9-23-24(37-15-14-33-12-10-27(28,29)11-13-33)25(32-31-23)30-26(34)20-6-4-3-5-7-20/h3-7,16-18H,8-15H2,1-2H3,(H2,30,31,32,34). The topological polar surface area (TPSA) is 88.7 Å². The molecular formula is C27H32F2N4O4. The fourth-order valence-electron chi connectivity index (χ4n) is 4.21. The molecule has 198 valence electrons. The Morgan fingerprint density at radius 2 is 1.73 bits per heavy atom. The summed E-state index contributed by atoms with van der Waals surface area (Å²) in [6, 6.07) is 14.5. The number of rotatable bonds is 11. The van der Waals surface area contributed by atoms with Crippen LogP contribution in [0.25, 0.3) is 0 Å². The van der Waals surface area contributed by atoms with Gasteiger partial charge < -0.3 is 19.5 Å². The van der Waals surface area contributed by atoms with Crippen molar-refractivity contribution in [2.24, 2.45) is 0 Å². The van der Waals surface area contributed by atoms with Gasteiger partial charge in [-0.25, -0.2) is 8.78 Å². The summed E-state index contributed by atoms with van der Waals surface area (Å²) < 4.78 is 43.8. The quantitative estimate of drug-likeness (QED) is 0.390. The van der Waals surface area contributed by atoms with Gasteiger partial charge in [-0.1, -0.05) is 18.2 Å². The molecule has 2 heterocycles. The molecule has 37 heavy (non-hydrogen) atoms. The molecule has 1 fully saturated rings. The van der Waals surface area contributed by atoms with Crippen molar-refractivity contribution < 1.29 is 27.8 Å². The second kappa shape index (κ2) is 12.1. The molecule has 0 saturated carbocycles. The number of piperidine rings is 1. The minimum absolute atomic E-state index is 0.146. The van der Waals surface area contributed by atoms with Crippen molar-refractivity contribution in [3.05, 3.63) is 65.4 Å². The van der Waals surface area contributed by atoms with E-state index in [1.54, 1.807) is 38.5 Å². The molecular weight excluding hydrogens is 482 g/mol. The molecule has 1 aliphatic rings. The molecule has 2 aromatic carbocycles. The number of alkyl halides is 2. The number of methoxy groups -OCH3 is 2. The van der Waals surface area contributed by atoms with Crippen LogP contribution in [0.5, 0.6) is 17.2 Å². The van der Waals surface area contributed by atoms with Gasteiger partial charge in [0.1, 0.15) is 18.1 Å². The van der Waals surface area contributed by atoms with Crippen molar-refractivity contribution >= 4 is 11.7 Å². The third-order valence-electron chi connectivity index (χ3n) is 6.38. The lowest BCUT2D eigenvalue weighted by Crippen LogP contribution is -2.41. The Bertz CT molecular complexity index is 1150. The van der Waals surface area contributed by atoms with Gasteiger partial charge in [0.15, 0.2) is 11.6 Å². The first-order valence-electron chi connectivity index (χ1n) is 12.3. The molecule has 2 N–H and O–H groups in total. The number of halogens is 2. The van der Waals surface area contributed by atoms with Crippen molar-refractivity contribution in [2.75, 3.05) is 45.8 Å². The number of likely N-dealkylation sites (tertiary alicyclic amines) is 1. The average molecular weight is 515 g/mol. The van der Waals surface area contributed by atoms with Crippen LogP contribution in [-0.2, 0) is 12.8 Å². The Balaban J connectivity index is 1.46. The van der Waals surface area contributed by atoms with Crippen LogP contribution in [0.15, 0.2) is 48.5 Å². The normalized spacial score (nSPS) is 15.2. The van der Waals surface area contributed by atoms with Gasteiger partial charge in [0, 0.05) is 44.1 Å². The Labute approximate surface area is 214 Å². The molecule has 0 bridgehead atoms. The van der Waals surface area contributed by atoms with E-state index in [-0.39, 0.29) is 31.2 Å². The second-order valence-corrected chi connectivity index (χ2v) is 8.97. The molecule has 0 spiro atoms. The number of hydrogen-bond donors (Lipinski definition) is 2. The lowest BCUT2D eigenvalue weighted by Gasteiger charge is -2.31. The van der Waals surface area contributed by atoms with Crippen molar-refractivity contribution in [3.63, 3.8) is 0 Å². The summed E-state index contributed by atoms with van der Waals surface area (Å²) in [7, 11) is 3.20. The van der Waals surface area contributed by atoms with E-state index in [9.17, 15) is 13.6 Å². The van der Waals surface area contributed by atoms with E-state index in [0.29, 0.717) is 55.3 Å². The minimum Gasteiger partial charge on any atom is -0.497 e. The summed E-state index contributed by atoms with van der Waals surface area (Å²) in [5.74, 6) is -0.776. The molecule has 4 rings (SSSR count). The molecule has 10 heteroatoms. The predicted molar refractivity (Wildman–Crippen MR) is 136 cm³/mol. The minimum atomic E-state index is -2.59. The molecule has 1 saturated heterocycles. The highest BCUT2D eigenvalue weighted by molar-refractivity contribution is 6.04. The summed E-state index contributed by atoms with van der Waals surface area (Å²) in [5, 5.41) is 10.1. The van der Waals surface area contributed by atoms with E-state index in [0.717, 1.165) is 11.3 Å². The van der Waals surface area contributed by atoms with Crippen LogP contribution in [0.1, 0.15) is 34.5 Å². The van der Waals surface area contributed by atoms with E-state index < -0.39 is 5.92 Å². The number of nitrogens with zero attached hydrogens (tertiary/aromatic N) is 2. The van der Waals surface area contributed by atoms with Crippen molar-refractivity contribution in [1.29, 1.82) is 0 Å². The lowest BCUT2D eigenvalue weighted by atomic mass is 10.1. The number of carbonyl (C=O) groups is 1. The number of amides is 1. The summed E-state index contributed by atoms with van der Waals surface area (Å²) in [6.45, 7) is 1.42. The molecule has 1 amide bonds. The van der Waals surface area contributed by atoms with Crippen LogP contribution in [0.3, 0.4) is 0 Å². The third kappa shape index (κ3) is 7.19. The number of carbonyl (C=O) groups excluding carboxylic acids is 1. The smallest absolute Gasteiger partial charge is 0.256 e. The van der Waals surface area contributed by atoms with Crippen LogP contribution in [0.2, 0.25) is 0 Å². The second-order valence-electron chi connectivity index (χ2n) is 8.97. The highest BCUT2D eigenvalue weighted by atomic mass is 19.3. The fourth-order valence-corrected chi connectivity index (χ4v) is 4.21. The third-order valence-corrected chi connectivity index (χ3v) is 6.38. The zero-order valence-electron chi connectivity index (χ0n) is 21.1. The van der Waals surface area contributed by atoms with Crippen LogP contribution < -0.4 is 19.5 Å². The zero-order valence-corrected chi connectivity index (χ0v) is 21.1. The van der Waals surface area contributed by atoms with Gasteiger partial charge >= 0.3 is 0 Å². The van der Waals surface area contributed by atoms with Crippen LogP contribution >= 0.6 is 0 Å². The summed E-state index contributed by atoms with van der Waals surface area (Å²) in [4.78, 5) is 14.7. The first kappa shape index (κ1) is 26.4. The first-order chi connectivity index (χ1) is 17.9. The largest absolute Gasteiger partial charge is 0.497 e. The van der Waals surface area contributed by atoms with E-state index in [4.69, 9.17) is 14.2 Å². The van der Waals surface area contributed by atoms with E-state index in [2.05, 4.69) is 15.5 Å². The number of aryl methyl sites for hydroxylation is 2. The van der Waals surface area contributed by atoms with E-state index in [1.165, 1.54) is 0 Å². The summed E-state index contributed by atoms with van der Waals surface area (Å²) in [5.41, 5.74) is 2.21. The van der Waals surface area contributed by atoms with Gasteiger partial charge in [-0.05, 0) is 42.7 Å². The molecule has 3 aromatic rings. The van der Waals surface area contributed by atoms with E-state index in [1.807, 2.05) is 29.2 Å². The van der Waals surface area contributed by atoms with Gasteiger partial charge in [0.05, 0.1) is 19.9 Å². The SMILES string of the molecule is COc1cc(CCc2[nH]nc(NC(=O)c3ccccc3)c2OCCN2CCC(F)(F)CC2)cc(OC)c1. The maximum absolute atomic E-state index is 13.5. The Hall–Kier alpha value is -3.66. The van der Waals surface area contributed by atoms with Gasteiger partial charge in [0.25, 0.3) is 11.8 Å². The monoisotopic (exact) mass is 514 g/mol. The summed E-state index contributed by atoms with van der Waals surface area (Å²) in [6.07, 6.45) is 0.897. The predicted octanol–water partition coefficient (Wildman–Crippen LogP) is 4.57. The number of H-pyrrole nitrogens is 1. The van der Waals surface area contributed by atoms with Gasteiger partial charge in [-0.3, -0.25) is 14.8 Å². The van der Waals surface area contributed by atoms with Crippen molar-refractivity contribution in [2.45, 2.75) is 31.6 Å². The first-order valence-corrected chi connectivity index (χ1v) is 12.3. The molecule has 0 aliphatic carbocycles. The van der Waals surface area contributed by atoms with Gasteiger partial charge in [-0.2, -0.15) is 5.10 Å². The number of benzene rings is 2. The van der Waals surface area contributed by atoms with Crippen LogP contribution in [0, 0.1) is 0 Å². The highest BCUT2D eigenvalue weighted by Gasteiger charge is 2.33. The maximum atomic E-state index is 13.5. The average Bonchev–Trinajstić information content (AvgIpc) is 3.29. The van der Waals surface area contributed by atoms with Gasteiger partial charge in [0.2, 0.25) is 0 Å². The van der Waals surface area contributed by atoms with Crippen molar-refractivity contribution in [1.82, 2.24) is 15.1 Å². The van der Waals surface area contributed by atoms with Crippen LogP contribution in [0.4, 0.5) is 14.6 Å². The lowest BCUT2D eigenvalue weighted by molar-refractivity contribution is -0.0564. The molecule has 1 aromatic heterocycles. The Morgan fingerprint density at radius 3 is 2.38 bits per heavy atom. The molecule has 0 unspecified atom stereocenters. The number of anilines is 1. The summed E-state index contributed by atoms with van der Waals surface area (Å²) >= 11 is 0. The maximum Gasteiger partial charge on any atom is 0.256 e. The highest BCUT2D eigenvalue weighted by Crippen LogP contribution is 2.30. The van der Waals surface area contributed by atoms with Crippen LogP contribution in [-0.4, -0.2) is 67.4 Å². The zero-order chi connectivity index (χ0) is 26.3. The molecule has 0 radical (unpaired) electrons.